The van der Waals surface area contributed by atoms with E-state index in [0.717, 1.165) is 22.4 Å². The SMILES string of the molecule is Cc1ccc(/C(O)=C2/C(=O)C(=O)N(c3nnc(SCc4cccc5ccccc45)s3)C2c2cccnc2)cc1F. The van der Waals surface area contributed by atoms with Crippen LogP contribution in [-0.2, 0) is 15.3 Å². The number of carbonyl (C=O) groups is 2. The second kappa shape index (κ2) is 10.6. The number of pyridine rings is 1. The Balaban J connectivity index is 1.36. The van der Waals surface area contributed by atoms with Gasteiger partial charge in [-0.15, -0.1) is 10.2 Å². The molecule has 0 aliphatic carbocycles. The highest BCUT2D eigenvalue weighted by Crippen LogP contribution is 2.44. The zero-order chi connectivity index (χ0) is 27.8. The Morgan fingerprint density at radius 1 is 1.05 bits per heavy atom. The van der Waals surface area contributed by atoms with Gasteiger partial charge in [-0.1, -0.05) is 83.8 Å². The van der Waals surface area contributed by atoms with Gasteiger partial charge in [0.05, 0.1) is 11.6 Å². The molecule has 6 rings (SSSR count). The topological polar surface area (TPSA) is 96.3 Å². The maximum absolute atomic E-state index is 14.3. The van der Waals surface area contributed by atoms with E-state index in [4.69, 9.17) is 0 Å². The van der Waals surface area contributed by atoms with E-state index in [1.807, 2.05) is 18.2 Å². The molecule has 5 aromatic rings. The minimum absolute atomic E-state index is 0.0959. The third-order valence-electron chi connectivity index (χ3n) is 6.72. The van der Waals surface area contributed by atoms with Crippen molar-refractivity contribution in [2.45, 2.75) is 23.1 Å². The summed E-state index contributed by atoms with van der Waals surface area (Å²) in [4.78, 5) is 32.0. The molecule has 1 N–H and O–H groups in total. The van der Waals surface area contributed by atoms with Gasteiger partial charge < -0.3 is 5.11 Å². The number of hydrogen-bond donors (Lipinski definition) is 1. The molecule has 40 heavy (non-hydrogen) atoms. The number of thioether (sulfide) groups is 1. The molecule has 1 amide bonds. The smallest absolute Gasteiger partial charge is 0.301 e. The number of amides is 1. The fourth-order valence-electron chi connectivity index (χ4n) is 4.69. The van der Waals surface area contributed by atoms with Crippen LogP contribution in [0.3, 0.4) is 0 Å². The number of fused-ring (bicyclic) bond motifs is 1. The second-order valence-corrected chi connectivity index (χ2v) is 11.4. The third-order valence-corrected chi connectivity index (χ3v) is 8.83. The van der Waals surface area contributed by atoms with Crippen molar-refractivity contribution >= 4 is 56.5 Å². The second-order valence-electron chi connectivity index (χ2n) is 9.20. The molecule has 1 aliphatic heterocycles. The molecule has 0 saturated carbocycles. The molecule has 10 heteroatoms. The molecule has 1 fully saturated rings. The highest BCUT2D eigenvalue weighted by Gasteiger charge is 2.48. The summed E-state index contributed by atoms with van der Waals surface area (Å²) >= 11 is 2.66. The molecule has 1 atom stereocenters. The molecule has 7 nitrogen and oxygen atoms in total. The number of aromatic nitrogens is 3. The maximum Gasteiger partial charge on any atom is 0.301 e. The Morgan fingerprint density at radius 2 is 1.88 bits per heavy atom. The minimum atomic E-state index is -1.01. The number of aliphatic hydroxyl groups is 1. The first kappa shape index (κ1) is 25.8. The van der Waals surface area contributed by atoms with Gasteiger partial charge >= 0.3 is 5.91 Å². The fraction of sp³-hybridized carbons (Fsp3) is 0.100. The van der Waals surface area contributed by atoms with E-state index in [0.29, 0.717) is 21.2 Å². The molecule has 0 spiro atoms. The van der Waals surface area contributed by atoms with Crippen molar-refractivity contribution in [3.8, 4) is 0 Å². The first-order valence-electron chi connectivity index (χ1n) is 12.3. The van der Waals surface area contributed by atoms with Crippen LogP contribution < -0.4 is 4.90 Å². The van der Waals surface area contributed by atoms with Crippen LogP contribution in [0.4, 0.5) is 9.52 Å². The summed E-state index contributed by atoms with van der Waals surface area (Å²) in [7, 11) is 0. The van der Waals surface area contributed by atoms with Gasteiger partial charge in [-0.05, 0) is 46.5 Å². The predicted molar refractivity (Wildman–Crippen MR) is 154 cm³/mol. The lowest BCUT2D eigenvalue weighted by Gasteiger charge is -2.22. The highest BCUT2D eigenvalue weighted by molar-refractivity contribution is 8.00. The standard InChI is InChI=1S/C30H21FN4O3S2/c1-17-11-12-19(14-23(17)31)26(36)24-25(20-9-5-13-32-15-20)35(28(38)27(24)37)29-33-34-30(40-29)39-16-21-8-4-7-18-6-2-3-10-22(18)21/h2-15,25,36H,16H2,1H3/b26-24-. The van der Waals surface area contributed by atoms with Gasteiger partial charge in [0, 0.05) is 23.7 Å². The van der Waals surface area contributed by atoms with Crippen molar-refractivity contribution in [2.75, 3.05) is 4.90 Å². The number of nitrogens with zero attached hydrogens (tertiary/aromatic N) is 4. The first-order valence-corrected chi connectivity index (χ1v) is 14.1. The van der Waals surface area contributed by atoms with Crippen molar-refractivity contribution in [3.63, 3.8) is 0 Å². The molecule has 3 aromatic carbocycles. The monoisotopic (exact) mass is 568 g/mol. The van der Waals surface area contributed by atoms with Crippen LogP contribution in [0.1, 0.15) is 28.3 Å². The fourth-order valence-corrected chi connectivity index (χ4v) is 6.57. The summed E-state index contributed by atoms with van der Waals surface area (Å²) in [5, 5.41) is 22.2. The maximum atomic E-state index is 14.3. The van der Waals surface area contributed by atoms with E-state index in [1.165, 1.54) is 46.3 Å². The summed E-state index contributed by atoms with van der Waals surface area (Å²) in [5.74, 6) is -2.12. The number of Topliss-reactive ketones (excluding diaryl/α,β-unsaturated/α-hetero) is 1. The summed E-state index contributed by atoms with van der Waals surface area (Å²) in [5.41, 5.74) is 1.96. The summed E-state index contributed by atoms with van der Waals surface area (Å²) in [6, 6.07) is 20.8. The summed E-state index contributed by atoms with van der Waals surface area (Å²) < 4.78 is 14.9. The van der Waals surface area contributed by atoms with Gasteiger partial charge in [0.1, 0.15) is 11.6 Å². The number of hydrogen-bond acceptors (Lipinski definition) is 8. The number of halogens is 1. The van der Waals surface area contributed by atoms with Crippen LogP contribution in [0.5, 0.6) is 0 Å². The van der Waals surface area contributed by atoms with Gasteiger partial charge in [-0.2, -0.15) is 0 Å². The quantitative estimate of drug-likeness (QED) is 0.0826. The predicted octanol–water partition coefficient (Wildman–Crippen LogP) is 6.45. The van der Waals surface area contributed by atoms with Crippen LogP contribution in [0, 0.1) is 12.7 Å². The van der Waals surface area contributed by atoms with Crippen LogP contribution >= 0.6 is 23.1 Å². The first-order chi connectivity index (χ1) is 19.4. The van der Waals surface area contributed by atoms with Crippen molar-refractivity contribution in [1.82, 2.24) is 15.2 Å². The van der Waals surface area contributed by atoms with E-state index in [-0.39, 0.29) is 16.3 Å². The Hall–Kier alpha value is -4.41. The Labute approximate surface area is 237 Å². The molecular weight excluding hydrogens is 547 g/mol. The number of rotatable bonds is 6. The van der Waals surface area contributed by atoms with Crippen molar-refractivity contribution < 1.29 is 19.1 Å². The summed E-state index contributed by atoms with van der Waals surface area (Å²) in [6.45, 7) is 1.60. The van der Waals surface area contributed by atoms with E-state index in [2.05, 4.69) is 39.4 Å². The molecule has 198 valence electrons. The van der Waals surface area contributed by atoms with Crippen LogP contribution in [0.15, 0.2) is 95.1 Å². The van der Waals surface area contributed by atoms with Crippen LogP contribution in [0.25, 0.3) is 16.5 Å². The number of anilines is 1. The average Bonchev–Trinajstić information content (AvgIpc) is 3.55. The van der Waals surface area contributed by atoms with E-state index in [9.17, 15) is 19.1 Å². The van der Waals surface area contributed by atoms with Gasteiger partial charge in [0.25, 0.3) is 5.78 Å². The van der Waals surface area contributed by atoms with Gasteiger partial charge in [-0.3, -0.25) is 19.5 Å². The Bertz CT molecular complexity index is 1800. The largest absolute Gasteiger partial charge is 0.507 e. The molecule has 0 radical (unpaired) electrons. The molecular formula is C30H21FN4O3S2. The number of benzene rings is 3. The van der Waals surface area contributed by atoms with E-state index < -0.39 is 29.3 Å². The lowest BCUT2D eigenvalue weighted by molar-refractivity contribution is -0.132. The lowest BCUT2D eigenvalue weighted by Crippen LogP contribution is -2.29. The van der Waals surface area contributed by atoms with E-state index >= 15 is 0 Å². The highest BCUT2D eigenvalue weighted by atomic mass is 32.2. The lowest BCUT2D eigenvalue weighted by atomic mass is 9.96. The van der Waals surface area contributed by atoms with E-state index in [1.54, 1.807) is 25.3 Å². The third kappa shape index (κ3) is 4.65. The van der Waals surface area contributed by atoms with Crippen LogP contribution in [-0.4, -0.2) is 32.0 Å². The Morgan fingerprint density at radius 3 is 2.67 bits per heavy atom. The number of carbonyl (C=O) groups excluding carboxylic acids is 2. The van der Waals surface area contributed by atoms with Crippen molar-refractivity contribution in [3.05, 3.63) is 119 Å². The van der Waals surface area contributed by atoms with Gasteiger partial charge in [0.15, 0.2) is 4.34 Å². The normalized spacial score (nSPS) is 16.6. The molecule has 0 bridgehead atoms. The minimum Gasteiger partial charge on any atom is -0.507 e. The van der Waals surface area contributed by atoms with Crippen LogP contribution in [0.2, 0.25) is 0 Å². The molecule has 1 saturated heterocycles. The zero-order valence-electron chi connectivity index (χ0n) is 21.1. The number of aliphatic hydroxyl groups excluding tert-OH is 1. The number of ketones is 1. The number of aryl methyl sites for hydroxylation is 1. The van der Waals surface area contributed by atoms with Gasteiger partial charge in [0.2, 0.25) is 5.13 Å². The Kier molecular flexibility index (Phi) is 6.87. The van der Waals surface area contributed by atoms with Crippen molar-refractivity contribution in [1.29, 1.82) is 0 Å². The zero-order valence-corrected chi connectivity index (χ0v) is 22.7. The molecule has 2 aromatic heterocycles. The van der Waals surface area contributed by atoms with Crippen molar-refractivity contribution in [2.24, 2.45) is 0 Å². The summed E-state index contributed by atoms with van der Waals surface area (Å²) in [6.07, 6.45) is 3.09. The average molecular weight is 569 g/mol. The molecule has 1 aliphatic rings. The molecule has 3 heterocycles. The molecule has 1 unspecified atom stereocenters. The van der Waals surface area contributed by atoms with Gasteiger partial charge in [-0.25, -0.2) is 4.39 Å².